The third-order valence-electron chi connectivity index (χ3n) is 3.78. The molecule has 0 saturated carbocycles. The minimum Gasteiger partial charge on any atom is -0.341 e. The molecule has 1 aromatic heterocycles. The molecule has 3 heteroatoms. The summed E-state index contributed by atoms with van der Waals surface area (Å²) in [6.07, 6.45) is 0.326. The lowest BCUT2D eigenvalue weighted by molar-refractivity contribution is 0.102. The Bertz CT molecular complexity index is 709. The fourth-order valence-electron chi connectivity index (χ4n) is 2.98. The first-order valence-corrected chi connectivity index (χ1v) is 7.17. The Kier molecular flexibility index (Phi) is 4.28. The zero-order chi connectivity index (χ0) is 15.6. The Labute approximate surface area is 125 Å². The van der Waals surface area contributed by atoms with E-state index in [4.69, 9.17) is 5.26 Å². The molecule has 108 valence electrons. The lowest BCUT2D eigenvalue weighted by atomic mass is 9.95. The summed E-state index contributed by atoms with van der Waals surface area (Å²) in [5.41, 5.74) is 5.50. The molecule has 3 nitrogen and oxygen atoms in total. The van der Waals surface area contributed by atoms with Gasteiger partial charge in [0.25, 0.3) is 0 Å². The number of carbonyl (C=O) groups is 1. The molecule has 2 rings (SSSR count). The Morgan fingerprint density at radius 3 is 2.33 bits per heavy atom. The standard InChI is InChI=1S/C18H20N2O/c1-5-20-15(8-9-19)6-7-16(20)18(21)17-13(3)10-12(2)11-14(17)4/h6-7,10-11H,5,8H2,1-4H3. The molecule has 0 aliphatic carbocycles. The van der Waals surface area contributed by atoms with Crippen molar-refractivity contribution < 1.29 is 4.79 Å². The SMILES string of the molecule is CCn1c(CC#N)ccc1C(=O)c1c(C)cc(C)cc1C. The van der Waals surface area contributed by atoms with E-state index in [9.17, 15) is 4.79 Å². The number of aryl methyl sites for hydroxylation is 3. The van der Waals surface area contributed by atoms with Crippen molar-refractivity contribution in [3.8, 4) is 6.07 Å². The molecule has 1 aromatic carbocycles. The van der Waals surface area contributed by atoms with E-state index in [2.05, 4.69) is 6.07 Å². The molecule has 0 saturated heterocycles. The predicted octanol–water partition coefficient (Wildman–Crippen LogP) is 3.73. The third kappa shape index (κ3) is 2.75. The quantitative estimate of drug-likeness (QED) is 0.801. The van der Waals surface area contributed by atoms with E-state index in [1.165, 1.54) is 0 Å². The van der Waals surface area contributed by atoms with E-state index in [-0.39, 0.29) is 5.78 Å². The van der Waals surface area contributed by atoms with Crippen LogP contribution in [0.5, 0.6) is 0 Å². The highest BCUT2D eigenvalue weighted by Gasteiger charge is 2.19. The first-order valence-electron chi connectivity index (χ1n) is 7.17. The molecule has 0 spiro atoms. The normalized spacial score (nSPS) is 10.4. The number of carbonyl (C=O) groups excluding carboxylic acids is 1. The maximum absolute atomic E-state index is 12.9. The van der Waals surface area contributed by atoms with E-state index in [0.717, 1.165) is 27.9 Å². The average Bonchev–Trinajstić information content (AvgIpc) is 2.80. The van der Waals surface area contributed by atoms with Crippen LogP contribution in [-0.4, -0.2) is 10.4 Å². The molecule has 21 heavy (non-hydrogen) atoms. The number of hydrogen-bond donors (Lipinski definition) is 0. The molecule has 0 fully saturated rings. The zero-order valence-electron chi connectivity index (χ0n) is 13.0. The third-order valence-corrected chi connectivity index (χ3v) is 3.78. The summed E-state index contributed by atoms with van der Waals surface area (Å²) in [7, 11) is 0. The molecule has 2 aromatic rings. The van der Waals surface area contributed by atoms with Crippen molar-refractivity contribution in [2.45, 2.75) is 40.7 Å². The minimum atomic E-state index is 0.0380. The molecule has 0 atom stereocenters. The van der Waals surface area contributed by atoms with Gasteiger partial charge in [0.15, 0.2) is 0 Å². The Morgan fingerprint density at radius 1 is 1.19 bits per heavy atom. The predicted molar refractivity (Wildman–Crippen MR) is 83.5 cm³/mol. The molecule has 0 bridgehead atoms. The van der Waals surface area contributed by atoms with Gasteiger partial charge in [-0.1, -0.05) is 17.7 Å². The first-order chi connectivity index (χ1) is 9.99. The average molecular weight is 280 g/mol. The summed E-state index contributed by atoms with van der Waals surface area (Å²) in [5, 5.41) is 8.88. The van der Waals surface area contributed by atoms with E-state index in [0.29, 0.717) is 18.7 Å². The van der Waals surface area contributed by atoms with Gasteiger partial charge in [-0.2, -0.15) is 5.26 Å². The second-order valence-electron chi connectivity index (χ2n) is 5.39. The Hall–Kier alpha value is -2.34. The minimum absolute atomic E-state index is 0.0380. The number of aromatic nitrogens is 1. The highest BCUT2D eigenvalue weighted by molar-refractivity contribution is 6.10. The highest BCUT2D eigenvalue weighted by Crippen LogP contribution is 2.22. The number of nitrogens with zero attached hydrogens (tertiary/aromatic N) is 2. The lowest BCUT2D eigenvalue weighted by Gasteiger charge is -2.13. The summed E-state index contributed by atoms with van der Waals surface area (Å²) in [6.45, 7) is 8.67. The molecule has 0 amide bonds. The van der Waals surface area contributed by atoms with Gasteiger partial charge in [-0.3, -0.25) is 4.79 Å². The van der Waals surface area contributed by atoms with Crippen LogP contribution in [0.15, 0.2) is 24.3 Å². The fourth-order valence-corrected chi connectivity index (χ4v) is 2.98. The van der Waals surface area contributed by atoms with E-state index < -0.39 is 0 Å². The number of hydrogen-bond acceptors (Lipinski definition) is 2. The van der Waals surface area contributed by atoms with Crippen LogP contribution in [-0.2, 0) is 13.0 Å². The van der Waals surface area contributed by atoms with Crippen molar-refractivity contribution in [1.82, 2.24) is 4.57 Å². The molecule has 0 aliphatic rings. The van der Waals surface area contributed by atoms with Crippen LogP contribution in [0.25, 0.3) is 0 Å². The number of ketones is 1. The van der Waals surface area contributed by atoms with Crippen LogP contribution < -0.4 is 0 Å². The van der Waals surface area contributed by atoms with Crippen LogP contribution in [0.1, 0.15) is 45.4 Å². The molecule has 0 N–H and O–H groups in total. The zero-order valence-corrected chi connectivity index (χ0v) is 13.0. The summed E-state index contributed by atoms with van der Waals surface area (Å²) >= 11 is 0. The van der Waals surface area contributed by atoms with Crippen molar-refractivity contribution in [1.29, 1.82) is 5.26 Å². The Balaban J connectivity index is 2.54. The van der Waals surface area contributed by atoms with Gasteiger partial charge in [-0.25, -0.2) is 0 Å². The van der Waals surface area contributed by atoms with Gasteiger partial charge in [-0.05, 0) is 51.0 Å². The maximum atomic E-state index is 12.9. The van der Waals surface area contributed by atoms with Gasteiger partial charge in [0.1, 0.15) is 0 Å². The summed E-state index contributed by atoms with van der Waals surface area (Å²) < 4.78 is 1.93. The van der Waals surface area contributed by atoms with E-state index >= 15 is 0 Å². The van der Waals surface area contributed by atoms with Gasteiger partial charge in [0.2, 0.25) is 5.78 Å². The van der Waals surface area contributed by atoms with Crippen LogP contribution in [0.2, 0.25) is 0 Å². The lowest BCUT2D eigenvalue weighted by Crippen LogP contribution is -2.14. The fraction of sp³-hybridized carbons (Fsp3) is 0.333. The molecule has 0 unspecified atom stereocenters. The van der Waals surface area contributed by atoms with Crippen LogP contribution in [0.4, 0.5) is 0 Å². The largest absolute Gasteiger partial charge is 0.341 e. The molecule has 1 heterocycles. The van der Waals surface area contributed by atoms with E-state index in [1.807, 2.05) is 56.5 Å². The molecular weight excluding hydrogens is 260 g/mol. The number of benzene rings is 1. The van der Waals surface area contributed by atoms with Crippen molar-refractivity contribution in [3.63, 3.8) is 0 Å². The van der Waals surface area contributed by atoms with Crippen molar-refractivity contribution in [2.75, 3.05) is 0 Å². The maximum Gasteiger partial charge on any atom is 0.209 e. The van der Waals surface area contributed by atoms with Crippen LogP contribution in [0, 0.1) is 32.1 Å². The smallest absolute Gasteiger partial charge is 0.209 e. The topological polar surface area (TPSA) is 45.8 Å². The second kappa shape index (κ2) is 5.97. The van der Waals surface area contributed by atoms with Gasteiger partial charge in [-0.15, -0.1) is 0 Å². The van der Waals surface area contributed by atoms with Gasteiger partial charge >= 0.3 is 0 Å². The van der Waals surface area contributed by atoms with Crippen molar-refractivity contribution in [3.05, 3.63) is 57.9 Å². The van der Waals surface area contributed by atoms with Crippen molar-refractivity contribution >= 4 is 5.78 Å². The molecule has 0 radical (unpaired) electrons. The first kappa shape index (κ1) is 15.1. The van der Waals surface area contributed by atoms with Crippen LogP contribution >= 0.6 is 0 Å². The highest BCUT2D eigenvalue weighted by atomic mass is 16.1. The van der Waals surface area contributed by atoms with Crippen LogP contribution in [0.3, 0.4) is 0 Å². The monoisotopic (exact) mass is 280 g/mol. The van der Waals surface area contributed by atoms with Gasteiger partial charge in [0.05, 0.1) is 18.2 Å². The summed E-state index contributed by atoms with van der Waals surface area (Å²) in [6, 6.07) is 9.93. The number of nitriles is 1. The summed E-state index contributed by atoms with van der Waals surface area (Å²) in [5.74, 6) is 0.0380. The van der Waals surface area contributed by atoms with Gasteiger partial charge in [0, 0.05) is 17.8 Å². The van der Waals surface area contributed by atoms with Crippen molar-refractivity contribution in [2.24, 2.45) is 0 Å². The second-order valence-corrected chi connectivity index (χ2v) is 5.39. The Morgan fingerprint density at radius 2 is 1.81 bits per heavy atom. The van der Waals surface area contributed by atoms with E-state index in [1.54, 1.807) is 0 Å². The number of rotatable bonds is 4. The van der Waals surface area contributed by atoms with Gasteiger partial charge < -0.3 is 4.57 Å². The molecular formula is C18H20N2O. The molecule has 0 aliphatic heterocycles. The summed E-state index contributed by atoms with van der Waals surface area (Å²) in [4.78, 5) is 12.9.